The van der Waals surface area contributed by atoms with Crippen molar-refractivity contribution in [3.63, 3.8) is 0 Å². The highest BCUT2D eigenvalue weighted by molar-refractivity contribution is 5.81. The average molecular weight is 689 g/mol. The number of alkyl halides is 13. The van der Waals surface area contributed by atoms with Crippen LogP contribution < -0.4 is 0 Å². The second kappa shape index (κ2) is 13.4. The highest BCUT2D eigenvalue weighted by atomic mass is 19.4. The molecule has 0 amide bonds. The molecular formula is C31H37F13O2. The molecule has 0 spiro atoms. The monoisotopic (exact) mass is 688 g/mol. The summed E-state index contributed by atoms with van der Waals surface area (Å²) in [5.41, 5.74) is -1.30. The van der Waals surface area contributed by atoms with E-state index in [4.69, 9.17) is 0 Å². The molecule has 1 N–H and O–H groups in total. The Morgan fingerprint density at radius 1 is 0.717 bits per heavy atom. The second-order valence-corrected chi connectivity index (χ2v) is 12.8. The predicted octanol–water partition coefficient (Wildman–Crippen LogP) is 10.9. The predicted molar refractivity (Wildman–Crippen MR) is 142 cm³/mol. The quantitative estimate of drug-likeness (QED) is 0.210. The van der Waals surface area contributed by atoms with Crippen LogP contribution in [0.2, 0.25) is 0 Å². The lowest BCUT2D eigenvalue weighted by molar-refractivity contribution is -0.440. The van der Waals surface area contributed by atoms with Crippen LogP contribution in [-0.2, 0) is 16.6 Å². The summed E-state index contributed by atoms with van der Waals surface area (Å²) < 4.78 is 174. The van der Waals surface area contributed by atoms with Crippen molar-refractivity contribution in [1.29, 1.82) is 0 Å². The zero-order valence-electron chi connectivity index (χ0n) is 25.0. The van der Waals surface area contributed by atoms with Gasteiger partial charge in [-0.1, -0.05) is 63.3 Å². The SMILES string of the molecule is CCCCC1CCC(C2CCC(C(=O)O)(c3ccc(CCC(F)(F)C(F)(F)C(F)(F)C(F)(F)C(F)(F)C(F)(F)F)cc3)CC2)CC1. The fourth-order valence-electron chi connectivity index (χ4n) is 6.92. The molecule has 1 aromatic carbocycles. The Morgan fingerprint density at radius 2 is 1.20 bits per heavy atom. The standard InChI is InChI=1S/C31H37F13O2/c1-2-3-4-19-5-9-21(10-6-19)22-14-16-25(17-15-22,24(45)46)23-11-7-20(8-12-23)13-18-26(32,33)27(34,35)28(36,37)29(38,39)30(40,41)31(42,43)44/h7-8,11-12,19,21-22H,2-6,9-10,13-18H2,1H3,(H,45,46). The molecular weight excluding hydrogens is 651 g/mol. The van der Waals surface area contributed by atoms with E-state index in [1.54, 1.807) is 0 Å². The number of benzene rings is 1. The van der Waals surface area contributed by atoms with Gasteiger partial charge in [-0.25, -0.2) is 0 Å². The van der Waals surface area contributed by atoms with E-state index in [9.17, 15) is 67.0 Å². The lowest BCUT2D eigenvalue weighted by Crippen LogP contribution is -2.70. The van der Waals surface area contributed by atoms with E-state index in [0.29, 0.717) is 30.6 Å². The number of carboxylic acid groups (broad SMARTS) is 1. The Bertz CT molecular complexity index is 1160. The Morgan fingerprint density at radius 3 is 1.65 bits per heavy atom. The van der Waals surface area contributed by atoms with Gasteiger partial charge in [0.25, 0.3) is 0 Å². The van der Waals surface area contributed by atoms with Crippen LogP contribution in [0.1, 0.15) is 95.1 Å². The highest BCUT2D eigenvalue weighted by Crippen LogP contribution is 2.61. The summed E-state index contributed by atoms with van der Waals surface area (Å²) in [6.45, 7) is 2.15. The van der Waals surface area contributed by atoms with E-state index in [1.807, 2.05) is 0 Å². The number of hydrogen-bond acceptors (Lipinski definition) is 1. The van der Waals surface area contributed by atoms with Gasteiger partial charge in [0.2, 0.25) is 0 Å². The number of halogens is 13. The molecule has 2 aliphatic carbocycles. The first-order valence-electron chi connectivity index (χ1n) is 15.3. The van der Waals surface area contributed by atoms with Gasteiger partial charge in [-0.3, -0.25) is 4.79 Å². The van der Waals surface area contributed by atoms with E-state index >= 15 is 0 Å². The molecule has 0 heterocycles. The van der Waals surface area contributed by atoms with E-state index in [2.05, 4.69) is 6.92 Å². The molecule has 3 rings (SSSR count). The molecule has 0 bridgehead atoms. The third-order valence-electron chi connectivity index (χ3n) is 10.0. The van der Waals surface area contributed by atoms with Gasteiger partial charge in [0.05, 0.1) is 5.41 Å². The summed E-state index contributed by atoms with van der Waals surface area (Å²) in [4.78, 5) is 12.4. The molecule has 46 heavy (non-hydrogen) atoms. The minimum Gasteiger partial charge on any atom is -0.481 e. The van der Waals surface area contributed by atoms with E-state index in [0.717, 1.165) is 44.2 Å². The number of unbranched alkanes of at least 4 members (excludes halogenated alkanes) is 1. The third-order valence-corrected chi connectivity index (χ3v) is 10.0. The summed E-state index contributed by atoms with van der Waals surface area (Å²) in [5.74, 6) is -36.6. The fraction of sp³-hybridized carbons (Fsp3) is 0.774. The lowest BCUT2D eigenvalue weighted by Gasteiger charge is -2.42. The zero-order chi connectivity index (χ0) is 35.0. The summed E-state index contributed by atoms with van der Waals surface area (Å²) in [7, 11) is 0. The van der Waals surface area contributed by atoms with Gasteiger partial charge in [0.1, 0.15) is 0 Å². The largest absolute Gasteiger partial charge is 0.481 e. The summed E-state index contributed by atoms with van der Waals surface area (Å²) in [5, 5.41) is 10.1. The Kier molecular flexibility index (Phi) is 11.1. The van der Waals surface area contributed by atoms with Gasteiger partial charge >= 0.3 is 41.8 Å². The van der Waals surface area contributed by atoms with Crippen molar-refractivity contribution < 1.29 is 67.0 Å². The summed E-state index contributed by atoms with van der Waals surface area (Å²) in [6, 6.07) is 4.60. The van der Waals surface area contributed by atoms with Gasteiger partial charge in [-0.05, 0) is 73.8 Å². The van der Waals surface area contributed by atoms with Crippen LogP contribution in [0, 0.1) is 17.8 Å². The molecule has 2 nitrogen and oxygen atoms in total. The average Bonchev–Trinajstić information content (AvgIpc) is 2.98. The second-order valence-electron chi connectivity index (χ2n) is 12.8. The first-order chi connectivity index (χ1) is 21.0. The zero-order valence-corrected chi connectivity index (χ0v) is 25.0. The van der Waals surface area contributed by atoms with Gasteiger partial charge < -0.3 is 5.11 Å². The Labute approximate surface area is 258 Å². The van der Waals surface area contributed by atoms with Crippen LogP contribution >= 0.6 is 0 Å². The molecule has 2 saturated carbocycles. The van der Waals surface area contributed by atoms with E-state index in [1.165, 1.54) is 25.0 Å². The lowest BCUT2D eigenvalue weighted by atomic mass is 9.62. The maximum Gasteiger partial charge on any atom is 0.460 e. The fourth-order valence-corrected chi connectivity index (χ4v) is 6.92. The van der Waals surface area contributed by atoms with Crippen LogP contribution in [0.5, 0.6) is 0 Å². The topological polar surface area (TPSA) is 37.3 Å². The maximum absolute atomic E-state index is 14.2. The Hall–Kier alpha value is -2.22. The molecule has 264 valence electrons. The van der Waals surface area contributed by atoms with Gasteiger partial charge in [-0.2, -0.15) is 57.1 Å². The smallest absolute Gasteiger partial charge is 0.460 e. The van der Waals surface area contributed by atoms with Crippen molar-refractivity contribution in [3.05, 3.63) is 35.4 Å². The molecule has 0 saturated heterocycles. The maximum atomic E-state index is 14.2. The number of carbonyl (C=O) groups is 1. The molecule has 2 fully saturated rings. The minimum absolute atomic E-state index is 0.246. The highest BCUT2D eigenvalue weighted by Gasteiger charge is 2.90. The van der Waals surface area contributed by atoms with Crippen molar-refractivity contribution in [1.82, 2.24) is 0 Å². The molecule has 2 aliphatic rings. The van der Waals surface area contributed by atoms with Crippen LogP contribution in [0.4, 0.5) is 57.1 Å². The number of aliphatic carboxylic acids is 1. The van der Waals surface area contributed by atoms with E-state index in [-0.39, 0.29) is 24.0 Å². The van der Waals surface area contributed by atoms with Crippen LogP contribution in [-0.4, -0.2) is 46.9 Å². The van der Waals surface area contributed by atoms with Crippen molar-refractivity contribution in [2.75, 3.05) is 0 Å². The first kappa shape index (κ1) is 38.2. The first-order valence-corrected chi connectivity index (χ1v) is 15.3. The van der Waals surface area contributed by atoms with Crippen molar-refractivity contribution in [2.45, 2.75) is 132 Å². The Balaban J connectivity index is 1.68. The summed E-state index contributed by atoms with van der Waals surface area (Å²) >= 11 is 0. The van der Waals surface area contributed by atoms with Crippen molar-refractivity contribution in [3.8, 4) is 0 Å². The van der Waals surface area contributed by atoms with Crippen LogP contribution in [0.15, 0.2) is 24.3 Å². The number of hydrogen-bond donors (Lipinski definition) is 1. The number of aryl methyl sites for hydroxylation is 1. The molecule has 1 aromatic rings. The molecule has 15 heteroatoms. The third kappa shape index (κ3) is 6.84. The normalized spacial score (nSPS) is 25.8. The molecule has 0 aliphatic heterocycles. The minimum atomic E-state index is -7.93. The molecule has 0 radical (unpaired) electrons. The molecule has 0 aromatic heterocycles. The molecule has 0 unspecified atom stereocenters. The van der Waals surface area contributed by atoms with Crippen molar-refractivity contribution in [2.24, 2.45) is 17.8 Å². The van der Waals surface area contributed by atoms with Gasteiger partial charge in [-0.15, -0.1) is 0 Å². The van der Waals surface area contributed by atoms with Crippen molar-refractivity contribution >= 4 is 5.97 Å². The van der Waals surface area contributed by atoms with Gasteiger partial charge in [0, 0.05) is 6.42 Å². The van der Waals surface area contributed by atoms with Gasteiger partial charge in [0.15, 0.2) is 0 Å². The number of rotatable bonds is 13. The van der Waals surface area contributed by atoms with Crippen LogP contribution in [0.3, 0.4) is 0 Å². The van der Waals surface area contributed by atoms with E-state index < -0.39 is 60.0 Å². The summed E-state index contributed by atoms with van der Waals surface area (Å²) in [6.07, 6.45) is -1.21. The molecule has 0 atom stereocenters. The number of carboxylic acids is 1. The van der Waals surface area contributed by atoms with Crippen LogP contribution in [0.25, 0.3) is 0 Å².